The van der Waals surface area contributed by atoms with E-state index in [0.29, 0.717) is 5.92 Å². The van der Waals surface area contributed by atoms with Crippen LogP contribution in [0.2, 0.25) is 0 Å². The van der Waals surface area contributed by atoms with Crippen molar-refractivity contribution in [1.29, 1.82) is 0 Å². The van der Waals surface area contributed by atoms with E-state index in [-0.39, 0.29) is 0 Å². The summed E-state index contributed by atoms with van der Waals surface area (Å²) in [6, 6.07) is 0. The molecule has 0 atom stereocenters. The molecule has 12 heavy (non-hydrogen) atoms. The van der Waals surface area contributed by atoms with Crippen LogP contribution in [0.1, 0.15) is 37.5 Å². The third-order valence-corrected chi connectivity index (χ3v) is 2.84. The number of aromatic nitrogens is 2. The summed E-state index contributed by atoms with van der Waals surface area (Å²) in [5, 5.41) is 4.62. The van der Waals surface area contributed by atoms with Crippen molar-refractivity contribution in [3.05, 3.63) is 5.89 Å². The molecule has 0 bridgehead atoms. The van der Waals surface area contributed by atoms with Gasteiger partial charge in [-0.3, -0.25) is 0 Å². The van der Waals surface area contributed by atoms with E-state index in [4.69, 9.17) is 4.52 Å². The lowest BCUT2D eigenvalue weighted by Crippen LogP contribution is -1.91. The molecule has 1 fully saturated rings. The predicted molar refractivity (Wildman–Crippen MR) is 47.3 cm³/mol. The van der Waals surface area contributed by atoms with Crippen LogP contribution in [0, 0.1) is 0 Å². The summed E-state index contributed by atoms with van der Waals surface area (Å²) < 4.78 is 5.16. The van der Waals surface area contributed by atoms with Crippen molar-refractivity contribution >= 4 is 11.8 Å². The Bertz CT molecular complexity index is 255. The highest BCUT2D eigenvalue weighted by Crippen LogP contribution is 2.33. The second-order valence-corrected chi connectivity index (χ2v) is 3.87. The monoisotopic (exact) mass is 184 g/mol. The number of hydrogen-bond acceptors (Lipinski definition) is 4. The van der Waals surface area contributed by atoms with Crippen LogP contribution in [0.4, 0.5) is 0 Å². The summed E-state index contributed by atoms with van der Waals surface area (Å²) in [7, 11) is 0. The molecule has 66 valence electrons. The minimum atomic E-state index is 0.540. The highest BCUT2D eigenvalue weighted by molar-refractivity contribution is 7.98. The second-order valence-electron chi connectivity index (χ2n) is 3.10. The Kier molecular flexibility index (Phi) is 2.35. The quantitative estimate of drug-likeness (QED) is 0.662. The summed E-state index contributed by atoms with van der Waals surface area (Å²) in [6.45, 7) is 0. The van der Waals surface area contributed by atoms with Crippen molar-refractivity contribution in [1.82, 2.24) is 10.1 Å². The number of thioether (sulfide) groups is 1. The van der Waals surface area contributed by atoms with E-state index < -0.39 is 0 Å². The van der Waals surface area contributed by atoms with Crippen molar-refractivity contribution in [3.63, 3.8) is 0 Å². The molecule has 0 aliphatic heterocycles. The van der Waals surface area contributed by atoms with E-state index in [2.05, 4.69) is 10.1 Å². The molecule has 3 nitrogen and oxygen atoms in total. The zero-order valence-electron chi connectivity index (χ0n) is 7.12. The topological polar surface area (TPSA) is 38.9 Å². The molecular weight excluding hydrogens is 172 g/mol. The fourth-order valence-electron chi connectivity index (χ4n) is 1.64. The van der Waals surface area contributed by atoms with Crippen LogP contribution < -0.4 is 0 Å². The van der Waals surface area contributed by atoms with Gasteiger partial charge in [-0.05, 0) is 19.1 Å². The molecule has 0 aromatic carbocycles. The van der Waals surface area contributed by atoms with Gasteiger partial charge in [-0.15, -0.1) is 0 Å². The third kappa shape index (κ3) is 1.48. The van der Waals surface area contributed by atoms with Gasteiger partial charge in [0.05, 0.1) is 0 Å². The smallest absolute Gasteiger partial charge is 0.230 e. The average Bonchev–Trinajstić information content (AvgIpc) is 2.75. The second kappa shape index (κ2) is 3.47. The van der Waals surface area contributed by atoms with Crippen LogP contribution >= 0.6 is 11.8 Å². The van der Waals surface area contributed by atoms with Crippen molar-refractivity contribution in [2.45, 2.75) is 36.8 Å². The molecule has 0 unspecified atom stereocenters. The normalized spacial score (nSPS) is 18.8. The zero-order valence-corrected chi connectivity index (χ0v) is 7.93. The molecule has 1 heterocycles. The van der Waals surface area contributed by atoms with Gasteiger partial charge in [0.15, 0.2) is 0 Å². The van der Waals surface area contributed by atoms with Gasteiger partial charge in [0.1, 0.15) is 0 Å². The van der Waals surface area contributed by atoms with Gasteiger partial charge in [0, 0.05) is 5.92 Å². The maximum Gasteiger partial charge on any atom is 0.230 e. The van der Waals surface area contributed by atoms with Gasteiger partial charge in [0.2, 0.25) is 11.0 Å². The molecule has 0 saturated heterocycles. The third-order valence-electron chi connectivity index (χ3n) is 2.31. The Morgan fingerprint density at radius 1 is 1.42 bits per heavy atom. The standard InChI is InChI=1S/C8H12N2OS/c1-12-8-9-7(11-10-8)6-4-2-3-5-6/h6H,2-5H2,1H3. The average molecular weight is 184 g/mol. The first-order valence-corrected chi connectivity index (χ1v) is 5.50. The van der Waals surface area contributed by atoms with E-state index in [1.165, 1.54) is 37.4 Å². The fourth-order valence-corrected chi connectivity index (χ4v) is 1.94. The first-order chi connectivity index (χ1) is 5.90. The lowest BCUT2D eigenvalue weighted by molar-refractivity contribution is 0.346. The lowest BCUT2D eigenvalue weighted by Gasteiger charge is -1.98. The van der Waals surface area contributed by atoms with Crippen LogP contribution in [0.15, 0.2) is 9.68 Å². The molecule has 1 aromatic rings. The first kappa shape index (κ1) is 8.10. The van der Waals surface area contributed by atoms with Crippen LogP contribution in [0.25, 0.3) is 0 Å². The number of rotatable bonds is 2. The van der Waals surface area contributed by atoms with Gasteiger partial charge in [0.25, 0.3) is 0 Å². The van der Waals surface area contributed by atoms with Crippen molar-refractivity contribution < 1.29 is 4.52 Å². The minimum absolute atomic E-state index is 0.540. The van der Waals surface area contributed by atoms with Crippen molar-refractivity contribution in [2.75, 3.05) is 6.26 Å². The van der Waals surface area contributed by atoms with E-state index in [0.717, 1.165) is 11.0 Å². The molecule has 0 radical (unpaired) electrons. The maximum absolute atomic E-state index is 5.16. The maximum atomic E-state index is 5.16. The zero-order chi connectivity index (χ0) is 8.39. The minimum Gasteiger partial charge on any atom is -0.338 e. The van der Waals surface area contributed by atoms with E-state index >= 15 is 0 Å². The molecule has 2 rings (SSSR count). The van der Waals surface area contributed by atoms with Gasteiger partial charge in [-0.1, -0.05) is 29.8 Å². The largest absolute Gasteiger partial charge is 0.338 e. The van der Waals surface area contributed by atoms with E-state index in [9.17, 15) is 0 Å². The summed E-state index contributed by atoms with van der Waals surface area (Å²) in [6.07, 6.45) is 7.01. The SMILES string of the molecule is CSc1noc(C2CCCC2)n1. The molecule has 1 aromatic heterocycles. The first-order valence-electron chi connectivity index (χ1n) is 4.28. The Morgan fingerprint density at radius 2 is 2.17 bits per heavy atom. The van der Waals surface area contributed by atoms with Crippen molar-refractivity contribution in [2.24, 2.45) is 0 Å². The Labute approximate surface area is 75.9 Å². The molecule has 1 saturated carbocycles. The molecule has 0 amide bonds. The number of hydrogen-bond donors (Lipinski definition) is 0. The summed E-state index contributed by atoms with van der Waals surface area (Å²) in [4.78, 5) is 4.30. The molecule has 4 heteroatoms. The Hall–Kier alpha value is -0.510. The molecule has 1 aliphatic rings. The summed E-state index contributed by atoms with van der Waals surface area (Å²) >= 11 is 1.53. The van der Waals surface area contributed by atoms with Crippen LogP contribution in [0.3, 0.4) is 0 Å². The molecule has 0 spiro atoms. The molecule has 1 aliphatic carbocycles. The van der Waals surface area contributed by atoms with Gasteiger partial charge in [-0.2, -0.15) is 4.98 Å². The fraction of sp³-hybridized carbons (Fsp3) is 0.750. The lowest BCUT2D eigenvalue weighted by atomic mass is 10.1. The Morgan fingerprint density at radius 3 is 2.75 bits per heavy atom. The van der Waals surface area contributed by atoms with E-state index in [1.807, 2.05) is 6.26 Å². The molecule has 0 N–H and O–H groups in total. The highest BCUT2D eigenvalue weighted by atomic mass is 32.2. The molecular formula is C8H12N2OS. The highest BCUT2D eigenvalue weighted by Gasteiger charge is 2.22. The number of nitrogens with zero attached hydrogens (tertiary/aromatic N) is 2. The van der Waals surface area contributed by atoms with Gasteiger partial charge < -0.3 is 4.52 Å². The predicted octanol–water partition coefficient (Wildman–Crippen LogP) is 2.45. The van der Waals surface area contributed by atoms with Gasteiger partial charge in [-0.25, -0.2) is 0 Å². The van der Waals surface area contributed by atoms with Crippen LogP contribution in [0.5, 0.6) is 0 Å². The van der Waals surface area contributed by atoms with Gasteiger partial charge >= 0.3 is 0 Å². The van der Waals surface area contributed by atoms with Crippen LogP contribution in [-0.4, -0.2) is 16.4 Å². The van der Waals surface area contributed by atoms with Crippen molar-refractivity contribution in [3.8, 4) is 0 Å². The van der Waals surface area contributed by atoms with Crippen LogP contribution in [-0.2, 0) is 0 Å². The van der Waals surface area contributed by atoms with E-state index in [1.54, 1.807) is 0 Å². The summed E-state index contributed by atoms with van der Waals surface area (Å²) in [5.41, 5.74) is 0. The Balaban J connectivity index is 2.11. The summed E-state index contributed by atoms with van der Waals surface area (Å²) in [5.74, 6) is 1.38.